The lowest BCUT2D eigenvalue weighted by molar-refractivity contribution is -0.123. The molecule has 1 aromatic heterocycles. The number of rotatable bonds is 9. The van der Waals surface area contributed by atoms with Gasteiger partial charge in [-0.3, -0.25) is 4.79 Å². The van der Waals surface area contributed by atoms with Gasteiger partial charge < -0.3 is 10.2 Å². The second-order valence-electron chi connectivity index (χ2n) is 8.90. The van der Waals surface area contributed by atoms with Crippen LogP contribution in [0.15, 0.2) is 32.3 Å². The Bertz CT molecular complexity index is 1140. The maximum Gasteiger partial charge on any atom is 0.252 e. The molecule has 34 heavy (non-hydrogen) atoms. The lowest BCUT2D eigenvalue weighted by Crippen LogP contribution is -2.49. The first-order valence-electron chi connectivity index (χ1n) is 11.5. The van der Waals surface area contributed by atoms with E-state index in [-0.39, 0.29) is 21.0 Å². The van der Waals surface area contributed by atoms with Crippen molar-refractivity contribution in [3.63, 3.8) is 0 Å². The summed E-state index contributed by atoms with van der Waals surface area (Å²) in [5, 5.41) is 4.66. The molecule has 1 amide bonds. The molecule has 0 spiro atoms. The van der Waals surface area contributed by atoms with Gasteiger partial charge in [0, 0.05) is 35.2 Å². The third kappa shape index (κ3) is 6.13. The molecule has 2 heterocycles. The van der Waals surface area contributed by atoms with Crippen molar-refractivity contribution in [2.45, 2.75) is 55.2 Å². The zero-order chi connectivity index (χ0) is 24.3. The van der Waals surface area contributed by atoms with Gasteiger partial charge in [-0.25, -0.2) is 12.8 Å². The Morgan fingerprint density at radius 3 is 2.76 bits per heavy atom. The summed E-state index contributed by atoms with van der Waals surface area (Å²) in [6.45, 7) is 1.69. The number of benzene rings is 1. The van der Waals surface area contributed by atoms with Gasteiger partial charge in [-0.2, -0.15) is 4.72 Å². The van der Waals surface area contributed by atoms with E-state index in [9.17, 15) is 17.6 Å². The van der Waals surface area contributed by atoms with Crippen LogP contribution < -0.4 is 14.9 Å². The van der Waals surface area contributed by atoms with Crippen LogP contribution >= 0.6 is 38.9 Å². The van der Waals surface area contributed by atoms with Crippen LogP contribution in [0.2, 0.25) is 5.02 Å². The number of sulfonamides is 1. The number of carbonyl (C=O) groups excluding carboxylic acids is 1. The van der Waals surface area contributed by atoms with E-state index in [4.69, 9.17) is 11.6 Å². The van der Waals surface area contributed by atoms with Crippen LogP contribution in [0.1, 0.15) is 44.1 Å². The molecular formula is C23H28BrClFN3O3S2. The minimum atomic E-state index is -3.95. The highest BCUT2D eigenvalue weighted by Gasteiger charge is 2.31. The van der Waals surface area contributed by atoms with Crippen molar-refractivity contribution in [3.8, 4) is 0 Å². The van der Waals surface area contributed by atoms with Gasteiger partial charge in [0.1, 0.15) is 11.9 Å². The summed E-state index contributed by atoms with van der Waals surface area (Å²) < 4.78 is 42.7. The van der Waals surface area contributed by atoms with E-state index in [2.05, 4.69) is 30.9 Å². The second kappa shape index (κ2) is 11.2. The van der Waals surface area contributed by atoms with Gasteiger partial charge in [0.15, 0.2) is 4.21 Å². The van der Waals surface area contributed by atoms with Gasteiger partial charge in [0.05, 0.1) is 5.02 Å². The molecule has 2 N–H and O–H groups in total. The summed E-state index contributed by atoms with van der Waals surface area (Å²) in [5.41, 5.74) is 1.95. The molecule has 1 aliphatic carbocycles. The number of amides is 1. The normalized spacial score (nSPS) is 17.6. The lowest BCUT2D eigenvalue weighted by Gasteiger charge is -2.27. The second-order valence-corrected chi connectivity index (χ2v) is 12.9. The van der Waals surface area contributed by atoms with Gasteiger partial charge in [0.2, 0.25) is 5.91 Å². The fraction of sp³-hybridized carbons (Fsp3) is 0.522. The first kappa shape index (κ1) is 25.9. The number of carbonyl (C=O) groups is 1. The highest BCUT2D eigenvalue weighted by atomic mass is 79.9. The fourth-order valence-corrected chi connectivity index (χ4v) is 8.47. The van der Waals surface area contributed by atoms with Crippen LogP contribution in [0.3, 0.4) is 0 Å². The van der Waals surface area contributed by atoms with Crippen LogP contribution in [0.5, 0.6) is 0 Å². The number of thiophene rings is 1. The van der Waals surface area contributed by atoms with E-state index in [1.807, 2.05) is 0 Å². The van der Waals surface area contributed by atoms with Crippen LogP contribution in [0, 0.1) is 11.7 Å². The molecule has 0 saturated heterocycles. The standard InChI is InChI=1S/C23H28BrClFN3O3S2/c24-18-14-33-23(21(18)25)34(31,32)28-19(12-15-4-2-1-3-5-15)22(30)27-9-11-29-10-8-16-13-17(26)6-7-20(16)29/h6-7,13-15,19,28H,1-5,8-12H2,(H,27,30)/t19-/m0/s1. The Balaban J connectivity index is 1.41. The number of hydrogen-bond acceptors (Lipinski definition) is 5. The molecule has 1 aromatic carbocycles. The van der Waals surface area contributed by atoms with E-state index < -0.39 is 16.1 Å². The number of nitrogens with one attached hydrogen (secondary N) is 2. The largest absolute Gasteiger partial charge is 0.369 e. The SMILES string of the molecule is O=C(NCCN1CCc2cc(F)ccc21)[C@H](CC1CCCCC1)NS(=O)(=O)c1scc(Br)c1Cl. The third-order valence-corrected chi connectivity index (χ3v) is 11.3. The van der Waals surface area contributed by atoms with Gasteiger partial charge in [-0.1, -0.05) is 43.7 Å². The first-order valence-corrected chi connectivity index (χ1v) is 15.0. The molecule has 186 valence electrons. The average molecular weight is 593 g/mol. The van der Waals surface area contributed by atoms with Gasteiger partial charge in [-0.05, 0) is 58.5 Å². The first-order chi connectivity index (χ1) is 16.2. The minimum absolute atomic E-state index is 0.00314. The number of hydrogen-bond donors (Lipinski definition) is 2. The summed E-state index contributed by atoms with van der Waals surface area (Å²) in [5.74, 6) is -0.276. The summed E-state index contributed by atoms with van der Waals surface area (Å²) in [6.07, 6.45) is 6.60. The fourth-order valence-electron chi connectivity index (χ4n) is 4.80. The van der Waals surface area contributed by atoms with Crippen LogP contribution in [-0.4, -0.2) is 40.0 Å². The Morgan fingerprint density at radius 2 is 2.06 bits per heavy atom. The molecule has 1 atom stereocenters. The molecule has 0 radical (unpaired) electrons. The molecule has 1 saturated carbocycles. The smallest absolute Gasteiger partial charge is 0.252 e. The predicted molar refractivity (Wildman–Crippen MR) is 138 cm³/mol. The average Bonchev–Trinajstić information content (AvgIpc) is 3.36. The predicted octanol–water partition coefficient (Wildman–Crippen LogP) is 5.10. The monoisotopic (exact) mass is 591 g/mol. The Kier molecular flexibility index (Phi) is 8.56. The molecule has 2 aliphatic rings. The van der Waals surface area contributed by atoms with Gasteiger partial charge in [0.25, 0.3) is 10.0 Å². The number of halogens is 3. The third-order valence-electron chi connectivity index (χ3n) is 6.52. The van der Waals surface area contributed by atoms with Gasteiger partial charge >= 0.3 is 0 Å². The van der Waals surface area contributed by atoms with E-state index >= 15 is 0 Å². The Labute approximate surface area is 217 Å². The molecular weight excluding hydrogens is 565 g/mol. The van der Waals surface area contributed by atoms with E-state index in [1.54, 1.807) is 17.5 Å². The van der Waals surface area contributed by atoms with E-state index in [1.165, 1.54) is 12.5 Å². The summed E-state index contributed by atoms with van der Waals surface area (Å²) in [6, 6.07) is 3.89. The maximum atomic E-state index is 13.5. The molecule has 2 aromatic rings. The molecule has 1 aliphatic heterocycles. The maximum absolute atomic E-state index is 13.5. The number of anilines is 1. The van der Waals surface area contributed by atoms with Crippen molar-refractivity contribution >= 4 is 60.5 Å². The van der Waals surface area contributed by atoms with Crippen molar-refractivity contribution in [2.75, 3.05) is 24.5 Å². The zero-order valence-corrected chi connectivity index (χ0v) is 22.6. The van der Waals surface area contributed by atoms with Crippen molar-refractivity contribution < 1.29 is 17.6 Å². The summed E-state index contributed by atoms with van der Waals surface area (Å²) in [4.78, 5) is 15.2. The number of fused-ring (bicyclic) bond motifs is 1. The van der Waals surface area contributed by atoms with Crippen LogP contribution in [-0.2, 0) is 21.2 Å². The highest BCUT2D eigenvalue weighted by Crippen LogP contribution is 2.36. The topological polar surface area (TPSA) is 78.5 Å². The van der Waals surface area contributed by atoms with Crippen LogP contribution in [0.4, 0.5) is 10.1 Å². The molecule has 11 heteroatoms. The van der Waals surface area contributed by atoms with Crippen molar-refractivity contribution in [3.05, 3.63) is 44.5 Å². The molecule has 0 unspecified atom stereocenters. The van der Waals surface area contributed by atoms with Gasteiger partial charge in [-0.15, -0.1) is 11.3 Å². The van der Waals surface area contributed by atoms with E-state index in [0.717, 1.165) is 61.2 Å². The quantitative estimate of drug-likeness (QED) is 0.425. The van der Waals surface area contributed by atoms with Crippen molar-refractivity contribution in [1.82, 2.24) is 10.0 Å². The highest BCUT2D eigenvalue weighted by molar-refractivity contribution is 9.10. The van der Waals surface area contributed by atoms with E-state index in [0.29, 0.717) is 29.9 Å². The molecule has 4 rings (SSSR count). The Hall–Kier alpha value is -1.20. The zero-order valence-electron chi connectivity index (χ0n) is 18.7. The summed E-state index contributed by atoms with van der Waals surface area (Å²) >= 11 is 10.4. The minimum Gasteiger partial charge on any atom is -0.369 e. The Morgan fingerprint density at radius 1 is 1.29 bits per heavy atom. The molecule has 0 bridgehead atoms. The molecule has 1 fully saturated rings. The molecule has 6 nitrogen and oxygen atoms in total. The van der Waals surface area contributed by atoms with Crippen molar-refractivity contribution in [1.29, 1.82) is 0 Å². The van der Waals surface area contributed by atoms with Crippen LogP contribution in [0.25, 0.3) is 0 Å². The summed E-state index contributed by atoms with van der Waals surface area (Å²) in [7, 11) is -3.95. The number of nitrogens with zero attached hydrogens (tertiary/aromatic N) is 1. The lowest BCUT2D eigenvalue weighted by atomic mass is 9.85. The van der Waals surface area contributed by atoms with Crippen molar-refractivity contribution in [2.24, 2.45) is 5.92 Å².